The first-order chi connectivity index (χ1) is 7.68. The first-order valence-electron chi connectivity index (χ1n) is 6.73. The maximum Gasteiger partial charge on any atom is 0.225 e. The molecule has 0 spiro atoms. The number of carbonyl (C=O) groups excluding carboxylic acids is 1. The van der Waals surface area contributed by atoms with Gasteiger partial charge in [0.1, 0.15) is 0 Å². The van der Waals surface area contributed by atoms with Gasteiger partial charge in [-0.1, -0.05) is 6.92 Å². The van der Waals surface area contributed by atoms with Crippen LogP contribution in [0.1, 0.15) is 45.4 Å². The van der Waals surface area contributed by atoms with E-state index in [-0.39, 0.29) is 5.92 Å². The fourth-order valence-corrected chi connectivity index (χ4v) is 3.02. The van der Waals surface area contributed by atoms with Crippen LogP contribution in [0.4, 0.5) is 0 Å². The summed E-state index contributed by atoms with van der Waals surface area (Å²) in [7, 11) is 0. The van der Waals surface area contributed by atoms with Crippen molar-refractivity contribution >= 4 is 5.91 Å². The van der Waals surface area contributed by atoms with Gasteiger partial charge >= 0.3 is 0 Å². The Balaban J connectivity index is 1.89. The molecule has 3 nitrogen and oxygen atoms in total. The number of amides is 1. The summed E-state index contributed by atoms with van der Waals surface area (Å²) in [4.78, 5) is 14.4. The van der Waals surface area contributed by atoms with E-state index in [0.29, 0.717) is 17.9 Å². The van der Waals surface area contributed by atoms with Crippen molar-refractivity contribution in [2.45, 2.75) is 51.5 Å². The Bertz CT molecular complexity index is 248. The first kappa shape index (κ1) is 11.9. The van der Waals surface area contributed by atoms with Crippen LogP contribution in [0, 0.1) is 11.8 Å². The zero-order valence-corrected chi connectivity index (χ0v) is 10.3. The molecular weight excluding hydrogens is 200 g/mol. The third-order valence-corrected chi connectivity index (χ3v) is 4.25. The monoisotopic (exact) mass is 224 g/mol. The predicted molar refractivity (Wildman–Crippen MR) is 64.9 cm³/mol. The van der Waals surface area contributed by atoms with Gasteiger partial charge in [0.05, 0.1) is 0 Å². The molecule has 0 radical (unpaired) electrons. The van der Waals surface area contributed by atoms with Gasteiger partial charge in [-0.15, -0.1) is 0 Å². The number of nitrogens with two attached hydrogens (primary N) is 1. The van der Waals surface area contributed by atoms with Gasteiger partial charge in [0.2, 0.25) is 5.91 Å². The standard InChI is InChI=1S/C13H24N2O/c1-10-9-11(5-6-12(10)14)13(16)15-7-3-2-4-8-15/h10-12H,2-9,14H2,1H3. The molecule has 1 aliphatic carbocycles. The van der Waals surface area contributed by atoms with E-state index in [1.165, 1.54) is 19.3 Å². The molecule has 1 aliphatic heterocycles. The number of piperidine rings is 1. The number of likely N-dealkylation sites (tertiary alicyclic amines) is 1. The van der Waals surface area contributed by atoms with E-state index >= 15 is 0 Å². The van der Waals surface area contributed by atoms with Crippen molar-refractivity contribution in [1.82, 2.24) is 4.90 Å². The fraction of sp³-hybridized carbons (Fsp3) is 0.923. The maximum absolute atomic E-state index is 12.3. The van der Waals surface area contributed by atoms with E-state index < -0.39 is 0 Å². The Labute approximate surface area is 98.4 Å². The molecular formula is C13H24N2O. The first-order valence-corrected chi connectivity index (χ1v) is 6.73. The zero-order chi connectivity index (χ0) is 11.5. The van der Waals surface area contributed by atoms with Gasteiger partial charge in [0.25, 0.3) is 0 Å². The second-order valence-corrected chi connectivity index (χ2v) is 5.54. The number of rotatable bonds is 1. The minimum Gasteiger partial charge on any atom is -0.342 e. The lowest BCUT2D eigenvalue weighted by atomic mass is 9.78. The van der Waals surface area contributed by atoms with Crippen molar-refractivity contribution in [3.05, 3.63) is 0 Å². The van der Waals surface area contributed by atoms with Gasteiger partial charge in [-0.2, -0.15) is 0 Å². The summed E-state index contributed by atoms with van der Waals surface area (Å²) in [5.41, 5.74) is 5.99. The Morgan fingerprint density at radius 1 is 1.19 bits per heavy atom. The average molecular weight is 224 g/mol. The lowest BCUT2D eigenvalue weighted by Gasteiger charge is -2.35. The highest BCUT2D eigenvalue weighted by Crippen LogP contribution is 2.30. The van der Waals surface area contributed by atoms with Crippen LogP contribution in [-0.2, 0) is 4.79 Å². The Kier molecular flexibility index (Phi) is 3.85. The summed E-state index contributed by atoms with van der Waals surface area (Å²) in [5, 5.41) is 0. The summed E-state index contributed by atoms with van der Waals surface area (Å²) < 4.78 is 0. The highest BCUT2D eigenvalue weighted by Gasteiger charge is 2.32. The van der Waals surface area contributed by atoms with Crippen molar-refractivity contribution in [3.8, 4) is 0 Å². The summed E-state index contributed by atoms with van der Waals surface area (Å²) >= 11 is 0. The third kappa shape index (κ3) is 2.57. The number of hydrogen-bond acceptors (Lipinski definition) is 2. The molecule has 92 valence electrons. The van der Waals surface area contributed by atoms with Crippen molar-refractivity contribution in [3.63, 3.8) is 0 Å². The van der Waals surface area contributed by atoms with E-state index in [0.717, 1.165) is 32.4 Å². The highest BCUT2D eigenvalue weighted by atomic mass is 16.2. The summed E-state index contributed by atoms with van der Waals surface area (Å²) in [6, 6.07) is 0.311. The Morgan fingerprint density at radius 2 is 1.88 bits per heavy atom. The van der Waals surface area contributed by atoms with Crippen molar-refractivity contribution < 1.29 is 4.79 Å². The minimum absolute atomic E-state index is 0.257. The molecule has 2 N–H and O–H groups in total. The van der Waals surface area contributed by atoms with Gasteiger partial charge in [-0.25, -0.2) is 0 Å². The number of carbonyl (C=O) groups is 1. The van der Waals surface area contributed by atoms with E-state index in [1.807, 2.05) is 0 Å². The second kappa shape index (κ2) is 5.17. The molecule has 2 fully saturated rings. The molecule has 1 heterocycles. The highest BCUT2D eigenvalue weighted by molar-refractivity contribution is 5.79. The van der Waals surface area contributed by atoms with Crippen LogP contribution in [0.3, 0.4) is 0 Å². The lowest BCUT2D eigenvalue weighted by Crippen LogP contribution is -2.44. The van der Waals surface area contributed by atoms with Crippen LogP contribution in [0.15, 0.2) is 0 Å². The average Bonchev–Trinajstić information content (AvgIpc) is 2.33. The van der Waals surface area contributed by atoms with E-state index in [9.17, 15) is 4.79 Å². The third-order valence-electron chi connectivity index (χ3n) is 4.25. The summed E-state index contributed by atoms with van der Waals surface area (Å²) in [6.07, 6.45) is 6.68. The molecule has 0 aromatic carbocycles. The van der Waals surface area contributed by atoms with Crippen LogP contribution in [0.5, 0.6) is 0 Å². The molecule has 0 aromatic rings. The molecule has 3 unspecified atom stereocenters. The largest absolute Gasteiger partial charge is 0.342 e. The lowest BCUT2D eigenvalue weighted by molar-refractivity contribution is -0.138. The molecule has 16 heavy (non-hydrogen) atoms. The molecule has 0 aromatic heterocycles. The Morgan fingerprint density at radius 3 is 2.50 bits per heavy atom. The van der Waals surface area contributed by atoms with Crippen LogP contribution in [0.25, 0.3) is 0 Å². The van der Waals surface area contributed by atoms with Crippen LogP contribution >= 0.6 is 0 Å². The quantitative estimate of drug-likeness (QED) is 0.737. The van der Waals surface area contributed by atoms with E-state index in [1.54, 1.807) is 0 Å². The normalized spacial score (nSPS) is 36.1. The predicted octanol–water partition coefficient (Wildman–Crippen LogP) is 1.76. The number of hydrogen-bond donors (Lipinski definition) is 1. The SMILES string of the molecule is CC1CC(C(=O)N2CCCCC2)CCC1N. The van der Waals surface area contributed by atoms with Gasteiger partial charge in [-0.3, -0.25) is 4.79 Å². The zero-order valence-electron chi connectivity index (χ0n) is 10.3. The smallest absolute Gasteiger partial charge is 0.225 e. The molecule has 1 saturated heterocycles. The minimum atomic E-state index is 0.257. The summed E-state index contributed by atoms with van der Waals surface area (Å²) in [5.74, 6) is 1.17. The van der Waals surface area contributed by atoms with Crippen molar-refractivity contribution in [2.24, 2.45) is 17.6 Å². The maximum atomic E-state index is 12.3. The molecule has 2 rings (SSSR count). The van der Waals surface area contributed by atoms with Gasteiger partial charge in [0.15, 0.2) is 0 Å². The van der Waals surface area contributed by atoms with Gasteiger partial charge < -0.3 is 10.6 Å². The molecule has 1 amide bonds. The van der Waals surface area contributed by atoms with Crippen LogP contribution in [-0.4, -0.2) is 29.9 Å². The molecule has 2 aliphatic rings. The van der Waals surface area contributed by atoms with Crippen LogP contribution in [0.2, 0.25) is 0 Å². The van der Waals surface area contributed by atoms with E-state index in [2.05, 4.69) is 11.8 Å². The second-order valence-electron chi connectivity index (χ2n) is 5.54. The van der Waals surface area contributed by atoms with Crippen molar-refractivity contribution in [2.75, 3.05) is 13.1 Å². The fourth-order valence-electron chi connectivity index (χ4n) is 3.02. The Hall–Kier alpha value is -0.570. The van der Waals surface area contributed by atoms with Gasteiger partial charge in [-0.05, 0) is 44.4 Å². The molecule has 3 atom stereocenters. The molecule has 1 saturated carbocycles. The van der Waals surface area contributed by atoms with Crippen LogP contribution < -0.4 is 5.73 Å². The van der Waals surface area contributed by atoms with Crippen molar-refractivity contribution in [1.29, 1.82) is 0 Å². The molecule has 3 heteroatoms. The number of nitrogens with zero attached hydrogens (tertiary/aromatic N) is 1. The molecule has 0 bridgehead atoms. The van der Waals surface area contributed by atoms with E-state index in [4.69, 9.17) is 5.73 Å². The van der Waals surface area contributed by atoms with Gasteiger partial charge in [0, 0.05) is 25.0 Å². The topological polar surface area (TPSA) is 46.3 Å². The summed E-state index contributed by atoms with van der Waals surface area (Å²) in [6.45, 7) is 4.14.